The lowest BCUT2D eigenvalue weighted by Crippen LogP contribution is -2.15. The van der Waals surface area contributed by atoms with Gasteiger partial charge in [0, 0.05) is 30.7 Å². The number of benzene rings is 1. The van der Waals surface area contributed by atoms with Gasteiger partial charge < -0.3 is 10.6 Å². The highest BCUT2D eigenvalue weighted by Crippen LogP contribution is 2.21. The van der Waals surface area contributed by atoms with Crippen LogP contribution in [0.2, 0.25) is 0 Å². The fourth-order valence-electron chi connectivity index (χ4n) is 1.48. The maximum atomic E-state index is 7.43. The summed E-state index contributed by atoms with van der Waals surface area (Å²) in [6.07, 6.45) is 3.38. The van der Waals surface area contributed by atoms with Gasteiger partial charge in [-0.25, -0.2) is 9.97 Å². The van der Waals surface area contributed by atoms with Crippen LogP contribution < -0.4 is 10.6 Å². The summed E-state index contributed by atoms with van der Waals surface area (Å²) in [5.74, 6) is 0.626. The fraction of sp³-hybridized carbons (Fsp3) is 0.0833. The molecule has 2 aromatic rings. The second-order valence-corrected chi connectivity index (χ2v) is 4.64. The van der Waals surface area contributed by atoms with Crippen molar-refractivity contribution in [3.05, 3.63) is 46.7 Å². The monoisotopic (exact) mass is 305 g/mol. The Labute approximate surface area is 113 Å². The number of rotatable bonds is 3. The number of hydrogen-bond donors (Lipinski definition) is 2. The van der Waals surface area contributed by atoms with Gasteiger partial charge in [0.1, 0.15) is 5.84 Å². The zero-order valence-electron chi connectivity index (χ0n) is 9.76. The summed E-state index contributed by atoms with van der Waals surface area (Å²) in [5.41, 5.74) is 7.03. The van der Waals surface area contributed by atoms with Gasteiger partial charge >= 0.3 is 0 Å². The number of hydrogen-bond acceptors (Lipinski definition) is 4. The molecule has 1 heterocycles. The molecule has 0 amide bonds. The van der Waals surface area contributed by atoms with E-state index in [9.17, 15) is 0 Å². The number of aromatic nitrogens is 2. The molecular formula is C12H12BrN5. The van der Waals surface area contributed by atoms with Crippen LogP contribution in [0.4, 0.5) is 11.6 Å². The van der Waals surface area contributed by atoms with E-state index in [0.29, 0.717) is 11.5 Å². The highest BCUT2D eigenvalue weighted by atomic mass is 79.9. The average molecular weight is 306 g/mol. The molecule has 18 heavy (non-hydrogen) atoms. The molecular weight excluding hydrogens is 294 g/mol. The summed E-state index contributed by atoms with van der Waals surface area (Å²) in [4.78, 5) is 10.3. The van der Waals surface area contributed by atoms with E-state index in [0.717, 1.165) is 10.2 Å². The van der Waals surface area contributed by atoms with Crippen molar-refractivity contribution in [1.82, 2.24) is 9.97 Å². The van der Waals surface area contributed by atoms with Gasteiger partial charge in [0.25, 0.3) is 0 Å². The molecule has 0 aliphatic rings. The molecule has 0 atom stereocenters. The fourth-order valence-corrected chi connectivity index (χ4v) is 1.68. The van der Waals surface area contributed by atoms with Crippen molar-refractivity contribution in [2.24, 2.45) is 5.73 Å². The Kier molecular flexibility index (Phi) is 3.57. The van der Waals surface area contributed by atoms with Crippen molar-refractivity contribution in [2.45, 2.75) is 0 Å². The van der Waals surface area contributed by atoms with E-state index in [2.05, 4.69) is 25.9 Å². The van der Waals surface area contributed by atoms with Gasteiger partial charge in [-0.15, -0.1) is 0 Å². The smallest absolute Gasteiger partial charge is 0.229 e. The van der Waals surface area contributed by atoms with Crippen LogP contribution in [0.5, 0.6) is 0 Å². The van der Waals surface area contributed by atoms with Crippen LogP contribution in [0.25, 0.3) is 0 Å². The Hall–Kier alpha value is -1.95. The number of nitrogens with zero attached hydrogens (tertiary/aromatic N) is 3. The standard InChI is InChI=1S/C12H12BrN5/c1-18(12-16-6-9(13)7-17-12)10-4-2-3-8(5-10)11(14)15/h2-7H,1H3,(H3,14,15). The molecule has 0 saturated heterocycles. The highest BCUT2D eigenvalue weighted by Gasteiger charge is 2.08. The first-order chi connectivity index (χ1) is 8.58. The first-order valence-corrected chi connectivity index (χ1v) is 6.03. The summed E-state index contributed by atoms with van der Waals surface area (Å²) in [6, 6.07) is 7.38. The Morgan fingerprint density at radius 1 is 1.33 bits per heavy atom. The number of anilines is 2. The number of nitrogen functional groups attached to an aromatic ring is 1. The van der Waals surface area contributed by atoms with E-state index >= 15 is 0 Å². The maximum Gasteiger partial charge on any atom is 0.229 e. The van der Waals surface area contributed by atoms with Crippen LogP contribution in [0.15, 0.2) is 41.1 Å². The van der Waals surface area contributed by atoms with Crippen molar-refractivity contribution in [3.63, 3.8) is 0 Å². The number of amidine groups is 1. The zero-order chi connectivity index (χ0) is 13.1. The molecule has 1 aromatic carbocycles. The van der Waals surface area contributed by atoms with E-state index in [-0.39, 0.29) is 5.84 Å². The van der Waals surface area contributed by atoms with Crippen molar-refractivity contribution in [1.29, 1.82) is 5.41 Å². The molecule has 0 aliphatic heterocycles. The highest BCUT2D eigenvalue weighted by molar-refractivity contribution is 9.10. The van der Waals surface area contributed by atoms with Gasteiger partial charge in [-0.05, 0) is 28.1 Å². The van der Waals surface area contributed by atoms with Gasteiger partial charge in [0.15, 0.2) is 0 Å². The molecule has 6 heteroatoms. The molecule has 0 unspecified atom stereocenters. The summed E-state index contributed by atoms with van der Waals surface area (Å²) < 4.78 is 0.831. The molecule has 1 aromatic heterocycles. The quantitative estimate of drug-likeness (QED) is 0.673. The molecule has 2 rings (SSSR count). The number of halogens is 1. The van der Waals surface area contributed by atoms with Crippen molar-refractivity contribution >= 4 is 33.4 Å². The molecule has 3 N–H and O–H groups in total. The summed E-state index contributed by atoms with van der Waals surface area (Å²) in [7, 11) is 1.86. The van der Waals surface area contributed by atoms with Gasteiger partial charge in [-0.2, -0.15) is 0 Å². The van der Waals surface area contributed by atoms with Crippen LogP contribution in [-0.4, -0.2) is 22.9 Å². The molecule has 92 valence electrons. The number of nitrogens with two attached hydrogens (primary N) is 1. The van der Waals surface area contributed by atoms with E-state index in [4.69, 9.17) is 11.1 Å². The number of nitrogens with one attached hydrogen (secondary N) is 1. The molecule has 0 fully saturated rings. The van der Waals surface area contributed by atoms with E-state index in [1.54, 1.807) is 18.5 Å². The summed E-state index contributed by atoms with van der Waals surface area (Å²) in [5, 5.41) is 7.43. The van der Waals surface area contributed by atoms with Crippen LogP contribution in [0.1, 0.15) is 5.56 Å². The van der Waals surface area contributed by atoms with Crippen LogP contribution in [-0.2, 0) is 0 Å². The van der Waals surface area contributed by atoms with Crippen LogP contribution >= 0.6 is 15.9 Å². The Bertz CT molecular complexity index is 567. The second-order valence-electron chi connectivity index (χ2n) is 3.72. The minimum absolute atomic E-state index is 0.0435. The average Bonchev–Trinajstić information content (AvgIpc) is 2.39. The SMILES string of the molecule is CN(c1cccc(C(=N)N)c1)c1ncc(Br)cn1. The third-order valence-corrected chi connectivity index (χ3v) is 2.86. The topological polar surface area (TPSA) is 78.9 Å². The molecule has 0 aliphatic carbocycles. The predicted octanol–water partition coefficient (Wildman–Crippen LogP) is 2.29. The Morgan fingerprint density at radius 3 is 2.61 bits per heavy atom. The van der Waals surface area contributed by atoms with Crippen molar-refractivity contribution in [3.8, 4) is 0 Å². The molecule has 0 bridgehead atoms. The van der Waals surface area contributed by atoms with Gasteiger partial charge in [-0.1, -0.05) is 12.1 Å². The molecule has 5 nitrogen and oxygen atoms in total. The second kappa shape index (κ2) is 5.14. The lowest BCUT2D eigenvalue weighted by molar-refractivity contribution is 1.04. The predicted molar refractivity (Wildman–Crippen MR) is 75.3 cm³/mol. The first-order valence-electron chi connectivity index (χ1n) is 5.23. The molecule has 0 radical (unpaired) electrons. The third kappa shape index (κ3) is 2.65. The summed E-state index contributed by atoms with van der Waals surface area (Å²) in [6.45, 7) is 0. The minimum atomic E-state index is 0.0435. The third-order valence-electron chi connectivity index (χ3n) is 2.45. The van der Waals surface area contributed by atoms with Crippen LogP contribution in [0, 0.1) is 5.41 Å². The van der Waals surface area contributed by atoms with Gasteiger partial charge in [-0.3, -0.25) is 5.41 Å². The Balaban J connectivity index is 2.33. The minimum Gasteiger partial charge on any atom is -0.384 e. The van der Waals surface area contributed by atoms with Crippen molar-refractivity contribution < 1.29 is 0 Å². The zero-order valence-corrected chi connectivity index (χ0v) is 11.3. The lowest BCUT2D eigenvalue weighted by Gasteiger charge is -2.17. The molecule has 0 saturated carbocycles. The van der Waals surface area contributed by atoms with Crippen molar-refractivity contribution in [2.75, 3.05) is 11.9 Å². The summed E-state index contributed by atoms with van der Waals surface area (Å²) >= 11 is 3.29. The van der Waals surface area contributed by atoms with E-state index < -0.39 is 0 Å². The van der Waals surface area contributed by atoms with Crippen LogP contribution in [0.3, 0.4) is 0 Å². The first kappa shape index (κ1) is 12.5. The van der Waals surface area contributed by atoms with Gasteiger partial charge in [0.05, 0.1) is 4.47 Å². The lowest BCUT2D eigenvalue weighted by atomic mass is 10.2. The Morgan fingerprint density at radius 2 is 2.00 bits per heavy atom. The van der Waals surface area contributed by atoms with E-state index in [1.807, 2.05) is 30.1 Å². The molecule has 0 spiro atoms. The normalized spacial score (nSPS) is 10.1. The maximum absolute atomic E-state index is 7.43. The van der Waals surface area contributed by atoms with Gasteiger partial charge in [0.2, 0.25) is 5.95 Å². The largest absolute Gasteiger partial charge is 0.384 e. The van der Waals surface area contributed by atoms with E-state index in [1.165, 1.54) is 0 Å².